The van der Waals surface area contributed by atoms with Crippen LogP contribution in [0.15, 0.2) is 35.9 Å². The Labute approximate surface area is 180 Å². The summed E-state index contributed by atoms with van der Waals surface area (Å²) >= 11 is 0. The van der Waals surface area contributed by atoms with Gasteiger partial charge < -0.3 is 26.6 Å². The second kappa shape index (κ2) is 10.0. The van der Waals surface area contributed by atoms with Crippen LogP contribution in [0.25, 0.3) is 0 Å². The van der Waals surface area contributed by atoms with Gasteiger partial charge in [-0.05, 0) is 25.5 Å². The molecule has 6 N–H and O–H groups in total. The van der Waals surface area contributed by atoms with Gasteiger partial charge in [0, 0.05) is 23.8 Å². The number of nitrogens with one attached hydrogen (secondary N) is 2. The maximum atomic E-state index is 12.6. The van der Waals surface area contributed by atoms with Crippen LogP contribution < -0.4 is 16.4 Å². The lowest BCUT2D eigenvalue weighted by atomic mass is 9.89. The highest BCUT2D eigenvalue weighted by molar-refractivity contribution is 7.90. The molecule has 31 heavy (non-hydrogen) atoms. The molecule has 0 heterocycles. The summed E-state index contributed by atoms with van der Waals surface area (Å²) in [5.41, 5.74) is 6.57. The third kappa shape index (κ3) is 7.16. The number of nitrogens with two attached hydrogens (primary N) is 1. The number of aryl methyl sites for hydroxylation is 1. The first-order valence-electron chi connectivity index (χ1n) is 9.59. The Balaban J connectivity index is 2.14. The van der Waals surface area contributed by atoms with Gasteiger partial charge in [-0.15, -0.1) is 0 Å². The topological polar surface area (TPSA) is 176 Å². The molecular formula is C20H27N3O7S. The average Bonchev–Trinajstić information content (AvgIpc) is 2.67. The van der Waals surface area contributed by atoms with Crippen molar-refractivity contribution in [3.8, 4) is 0 Å². The molecular weight excluding hydrogens is 426 g/mol. The molecule has 0 fully saturated rings. The van der Waals surface area contributed by atoms with Crippen LogP contribution in [-0.2, 0) is 19.4 Å². The molecule has 0 aromatic heterocycles. The number of aliphatic hydroxyl groups is 2. The van der Waals surface area contributed by atoms with E-state index in [1.807, 2.05) is 6.92 Å². The minimum atomic E-state index is -3.38. The van der Waals surface area contributed by atoms with Gasteiger partial charge in [0.05, 0.1) is 17.9 Å². The van der Waals surface area contributed by atoms with Gasteiger partial charge in [0.15, 0.2) is 0 Å². The van der Waals surface area contributed by atoms with Crippen LogP contribution in [0, 0.1) is 6.92 Å². The van der Waals surface area contributed by atoms with Crippen LogP contribution in [0.4, 0.5) is 0 Å². The summed E-state index contributed by atoms with van der Waals surface area (Å²) in [7, 11) is -3.38. The summed E-state index contributed by atoms with van der Waals surface area (Å²) in [6, 6.07) is 4.42. The quantitative estimate of drug-likeness (QED) is 0.320. The van der Waals surface area contributed by atoms with Crippen LogP contribution in [-0.4, -0.2) is 72.7 Å². The number of primary amides is 1. The van der Waals surface area contributed by atoms with Crippen molar-refractivity contribution in [2.45, 2.75) is 44.1 Å². The van der Waals surface area contributed by atoms with Gasteiger partial charge in [0.25, 0.3) is 5.91 Å². The molecule has 0 radical (unpaired) electrons. The van der Waals surface area contributed by atoms with Gasteiger partial charge in [0.2, 0.25) is 11.8 Å². The molecule has 1 aromatic carbocycles. The van der Waals surface area contributed by atoms with Gasteiger partial charge in [-0.3, -0.25) is 14.4 Å². The van der Waals surface area contributed by atoms with Crippen molar-refractivity contribution in [3.63, 3.8) is 0 Å². The van der Waals surface area contributed by atoms with Crippen LogP contribution in [0.2, 0.25) is 0 Å². The normalized spacial score (nSPS) is 22.2. The molecule has 1 aliphatic rings. The van der Waals surface area contributed by atoms with Gasteiger partial charge >= 0.3 is 0 Å². The summed E-state index contributed by atoms with van der Waals surface area (Å²) in [5, 5.41) is 25.3. The third-order valence-electron chi connectivity index (χ3n) is 4.90. The maximum Gasteiger partial charge on any atom is 0.251 e. The Bertz CT molecular complexity index is 973. The number of hydrogen-bond acceptors (Lipinski definition) is 7. The molecule has 0 bridgehead atoms. The Hall–Kier alpha value is -2.76. The monoisotopic (exact) mass is 453 g/mol. The number of carbonyl (C=O) groups excluding carboxylic acids is 3. The largest absolute Gasteiger partial charge is 0.390 e. The third-order valence-corrected chi connectivity index (χ3v) is 5.88. The fourth-order valence-electron chi connectivity index (χ4n) is 3.07. The Morgan fingerprint density at radius 2 is 1.77 bits per heavy atom. The summed E-state index contributed by atoms with van der Waals surface area (Å²) in [4.78, 5) is 36.6. The molecule has 0 aliphatic heterocycles. The molecule has 0 spiro atoms. The lowest BCUT2D eigenvalue weighted by Gasteiger charge is -2.31. The van der Waals surface area contributed by atoms with Crippen molar-refractivity contribution < 1.29 is 33.0 Å². The van der Waals surface area contributed by atoms with E-state index in [1.54, 1.807) is 24.3 Å². The number of carbonyl (C=O) groups is 3. The Morgan fingerprint density at radius 1 is 1.16 bits per heavy atom. The molecule has 0 saturated heterocycles. The van der Waals surface area contributed by atoms with E-state index in [1.165, 1.54) is 6.08 Å². The van der Waals surface area contributed by atoms with Crippen LogP contribution >= 0.6 is 0 Å². The lowest BCUT2D eigenvalue weighted by Crippen LogP contribution is -2.52. The molecule has 1 aliphatic carbocycles. The minimum Gasteiger partial charge on any atom is -0.390 e. The predicted octanol–water partition coefficient (Wildman–Crippen LogP) is -1.45. The molecule has 2 rings (SSSR count). The summed E-state index contributed by atoms with van der Waals surface area (Å²) < 4.78 is 22.7. The number of amides is 3. The maximum absolute atomic E-state index is 12.6. The van der Waals surface area contributed by atoms with E-state index < -0.39 is 51.9 Å². The lowest BCUT2D eigenvalue weighted by molar-refractivity contribution is -0.125. The van der Waals surface area contributed by atoms with E-state index in [9.17, 15) is 33.0 Å². The number of aliphatic hydroxyl groups excluding tert-OH is 2. The van der Waals surface area contributed by atoms with E-state index >= 15 is 0 Å². The molecule has 3 amide bonds. The van der Waals surface area contributed by atoms with E-state index in [2.05, 4.69) is 10.6 Å². The van der Waals surface area contributed by atoms with Crippen molar-refractivity contribution >= 4 is 27.6 Å². The SMILES string of the molecule is Cc1ccc(C(=O)N[C@H]2C=C(C(=O)N[C@@H](CCS(C)(=O)=O)C(N)=O)C[C@@H](O)[C@@H]2O)cc1. The fourth-order valence-corrected chi connectivity index (χ4v) is 3.74. The fraction of sp³-hybridized carbons (Fsp3) is 0.450. The standard InChI is InChI=1S/C20H27N3O7S/c1-11-3-5-12(6-4-11)19(27)23-15-9-13(10-16(24)17(15)25)20(28)22-14(18(21)26)7-8-31(2,29)30/h3-6,9,14-17,24-25H,7-8,10H2,1-2H3,(H2,21,26)(H,22,28)(H,23,27)/t14-,15-,16+,17+/m0/s1. The molecule has 0 unspecified atom stereocenters. The summed E-state index contributed by atoms with van der Waals surface area (Å²) in [6.07, 6.45) is -0.809. The zero-order chi connectivity index (χ0) is 23.3. The van der Waals surface area contributed by atoms with E-state index in [0.29, 0.717) is 5.56 Å². The second-order valence-electron chi connectivity index (χ2n) is 7.67. The smallest absolute Gasteiger partial charge is 0.251 e. The molecule has 10 nitrogen and oxygen atoms in total. The van der Waals surface area contributed by atoms with Crippen LogP contribution in [0.1, 0.15) is 28.8 Å². The zero-order valence-corrected chi connectivity index (χ0v) is 18.1. The number of sulfone groups is 1. The average molecular weight is 454 g/mol. The summed E-state index contributed by atoms with van der Waals surface area (Å²) in [6.45, 7) is 1.87. The number of hydrogen-bond donors (Lipinski definition) is 5. The highest BCUT2D eigenvalue weighted by atomic mass is 32.2. The van der Waals surface area contributed by atoms with Crippen molar-refractivity contribution in [2.24, 2.45) is 5.73 Å². The highest BCUT2D eigenvalue weighted by Crippen LogP contribution is 2.21. The van der Waals surface area contributed by atoms with E-state index in [-0.39, 0.29) is 24.2 Å². The molecule has 11 heteroatoms. The number of rotatable bonds is 8. The van der Waals surface area contributed by atoms with Crippen molar-refractivity contribution in [1.29, 1.82) is 0 Å². The van der Waals surface area contributed by atoms with Gasteiger partial charge in [0.1, 0.15) is 22.0 Å². The van der Waals surface area contributed by atoms with Gasteiger partial charge in [-0.1, -0.05) is 23.8 Å². The minimum absolute atomic E-state index is 0.0256. The van der Waals surface area contributed by atoms with Crippen LogP contribution in [0.5, 0.6) is 0 Å². The van der Waals surface area contributed by atoms with Crippen LogP contribution in [0.3, 0.4) is 0 Å². The molecule has 170 valence electrons. The van der Waals surface area contributed by atoms with Crippen molar-refractivity contribution in [1.82, 2.24) is 10.6 Å². The van der Waals surface area contributed by atoms with E-state index in [0.717, 1.165) is 11.8 Å². The predicted molar refractivity (Wildman–Crippen MR) is 113 cm³/mol. The Kier molecular flexibility index (Phi) is 7.93. The molecule has 1 aromatic rings. The highest BCUT2D eigenvalue weighted by Gasteiger charge is 2.34. The van der Waals surface area contributed by atoms with Crippen molar-refractivity contribution in [3.05, 3.63) is 47.0 Å². The van der Waals surface area contributed by atoms with Gasteiger partial charge in [-0.2, -0.15) is 0 Å². The molecule has 0 saturated carbocycles. The second-order valence-corrected chi connectivity index (χ2v) is 9.93. The first-order chi connectivity index (χ1) is 14.4. The van der Waals surface area contributed by atoms with Gasteiger partial charge in [-0.25, -0.2) is 8.42 Å². The Morgan fingerprint density at radius 3 is 2.32 bits per heavy atom. The summed E-state index contributed by atoms with van der Waals surface area (Å²) in [5.74, 6) is -2.51. The zero-order valence-electron chi connectivity index (χ0n) is 17.2. The number of benzene rings is 1. The first kappa shape index (κ1) is 24.5. The van der Waals surface area contributed by atoms with Crippen molar-refractivity contribution in [2.75, 3.05) is 12.0 Å². The molecule has 4 atom stereocenters. The first-order valence-corrected chi connectivity index (χ1v) is 11.7. The van der Waals surface area contributed by atoms with E-state index in [4.69, 9.17) is 5.73 Å².